The van der Waals surface area contributed by atoms with Crippen molar-refractivity contribution in [3.05, 3.63) is 27.3 Å². The summed E-state index contributed by atoms with van der Waals surface area (Å²) in [5.41, 5.74) is 6.53. The quantitative estimate of drug-likeness (QED) is 0.624. The van der Waals surface area contributed by atoms with Crippen LogP contribution in [0.5, 0.6) is 0 Å². The Morgan fingerprint density at radius 2 is 2.26 bits per heavy atom. The summed E-state index contributed by atoms with van der Waals surface area (Å²) in [6.45, 7) is 0.387. The van der Waals surface area contributed by atoms with E-state index in [1.165, 1.54) is 6.07 Å². The fraction of sp³-hybridized carbons (Fsp3) is 0.333. The number of imidazole rings is 1. The van der Waals surface area contributed by atoms with Crippen LogP contribution in [0.3, 0.4) is 0 Å². The first-order valence-corrected chi connectivity index (χ1v) is 7.32. The van der Waals surface area contributed by atoms with Crippen LogP contribution in [-0.4, -0.2) is 21.3 Å². The van der Waals surface area contributed by atoms with Crippen LogP contribution in [-0.2, 0) is 17.8 Å². The summed E-state index contributed by atoms with van der Waals surface area (Å²) >= 11 is 7.66. The van der Waals surface area contributed by atoms with Gasteiger partial charge in [-0.1, -0.05) is 0 Å². The van der Waals surface area contributed by atoms with Crippen LogP contribution >= 0.6 is 34.2 Å². The molecule has 0 spiro atoms. The normalized spacial score (nSPS) is 11.1. The number of primary amides is 1. The lowest BCUT2D eigenvalue weighted by molar-refractivity contribution is -0.118. The van der Waals surface area contributed by atoms with E-state index in [1.54, 1.807) is 6.07 Å². The lowest BCUT2D eigenvalue weighted by Crippen LogP contribution is -2.15. The largest absolute Gasteiger partial charge is 0.370 e. The van der Waals surface area contributed by atoms with Gasteiger partial charge < -0.3 is 10.3 Å². The van der Waals surface area contributed by atoms with Crippen molar-refractivity contribution in [2.45, 2.75) is 19.4 Å². The second-order valence-electron chi connectivity index (χ2n) is 4.09. The molecular formula is C12H12ClFIN3O. The van der Waals surface area contributed by atoms with Crippen LogP contribution in [0.4, 0.5) is 4.39 Å². The zero-order valence-corrected chi connectivity index (χ0v) is 12.9. The first kappa shape index (κ1) is 14.5. The van der Waals surface area contributed by atoms with Gasteiger partial charge in [0.15, 0.2) is 0 Å². The van der Waals surface area contributed by atoms with Gasteiger partial charge in [0, 0.05) is 31.3 Å². The second kappa shape index (κ2) is 6.04. The van der Waals surface area contributed by atoms with Crippen LogP contribution in [0.15, 0.2) is 12.1 Å². The number of fused-ring (bicyclic) bond motifs is 1. The molecule has 7 heteroatoms. The van der Waals surface area contributed by atoms with Crippen molar-refractivity contribution >= 4 is 51.1 Å². The van der Waals surface area contributed by atoms with Gasteiger partial charge in [-0.25, -0.2) is 9.37 Å². The second-order valence-corrected chi connectivity index (χ2v) is 5.63. The van der Waals surface area contributed by atoms with E-state index in [1.807, 2.05) is 27.2 Å². The monoisotopic (exact) mass is 395 g/mol. The van der Waals surface area contributed by atoms with Crippen molar-refractivity contribution in [2.75, 3.05) is 5.88 Å². The number of carbonyl (C=O) groups excluding carboxylic acids is 1. The summed E-state index contributed by atoms with van der Waals surface area (Å²) in [4.78, 5) is 15.3. The Morgan fingerprint density at radius 1 is 1.53 bits per heavy atom. The number of hydrogen-bond donors (Lipinski definition) is 1. The third-order valence-corrected chi connectivity index (χ3v) is 3.78. The van der Waals surface area contributed by atoms with Gasteiger partial charge >= 0.3 is 0 Å². The standard InChI is InChI=1S/C12H12ClFIN3O/c13-3-1-12-17-9-6-8(15)7(14)5-10(9)18(12)4-2-11(16)19/h5-6H,1-4H2,(H2,16,19). The number of amides is 1. The van der Waals surface area contributed by atoms with Crippen LogP contribution < -0.4 is 5.73 Å². The maximum Gasteiger partial charge on any atom is 0.219 e. The molecule has 0 atom stereocenters. The number of aryl methyl sites for hydroxylation is 2. The topological polar surface area (TPSA) is 60.9 Å². The first-order chi connectivity index (χ1) is 9.02. The van der Waals surface area contributed by atoms with E-state index in [0.29, 0.717) is 33.4 Å². The lowest BCUT2D eigenvalue weighted by atomic mass is 10.3. The van der Waals surface area contributed by atoms with E-state index >= 15 is 0 Å². The van der Waals surface area contributed by atoms with Crippen molar-refractivity contribution in [1.82, 2.24) is 9.55 Å². The Labute approximate surface area is 128 Å². The van der Waals surface area contributed by atoms with Gasteiger partial charge in [-0.2, -0.15) is 0 Å². The third kappa shape index (κ3) is 3.17. The smallest absolute Gasteiger partial charge is 0.219 e. The highest BCUT2D eigenvalue weighted by molar-refractivity contribution is 14.1. The molecule has 1 aromatic carbocycles. The molecule has 0 bridgehead atoms. The Balaban J connectivity index is 2.51. The van der Waals surface area contributed by atoms with E-state index in [-0.39, 0.29) is 12.2 Å². The molecule has 0 fully saturated rings. The molecule has 1 aromatic heterocycles. The Kier molecular flexibility index (Phi) is 4.62. The number of carbonyl (C=O) groups is 1. The molecule has 102 valence electrons. The molecule has 0 unspecified atom stereocenters. The summed E-state index contributed by atoms with van der Waals surface area (Å²) in [7, 11) is 0. The van der Waals surface area contributed by atoms with Crippen LogP contribution in [0.2, 0.25) is 0 Å². The zero-order chi connectivity index (χ0) is 14.0. The maximum absolute atomic E-state index is 13.7. The van der Waals surface area contributed by atoms with Gasteiger partial charge in [-0.05, 0) is 28.7 Å². The molecule has 0 aliphatic rings. The fourth-order valence-electron chi connectivity index (χ4n) is 1.92. The highest BCUT2D eigenvalue weighted by atomic mass is 127. The molecular weight excluding hydrogens is 384 g/mol. The molecule has 0 saturated heterocycles. The highest BCUT2D eigenvalue weighted by Gasteiger charge is 2.13. The van der Waals surface area contributed by atoms with E-state index < -0.39 is 5.91 Å². The van der Waals surface area contributed by atoms with Crippen molar-refractivity contribution in [3.8, 4) is 0 Å². The van der Waals surface area contributed by atoms with Crippen molar-refractivity contribution < 1.29 is 9.18 Å². The van der Waals surface area contributed by atoms with Gasteiger partial charge in [0.1, 0.15) is 11.6 Å². The maximum atomic E-state index is 13.7. The fourth-order valence-corrected chi connectivity index (χ4v) is 2.54. The van der Waals surface area contributed by atoms with E-state index in [2.05, 4.69) is 4.98 Å². The molecule has 1 heterocycles. The number of alkyl halides is 1. The SMILES string of the molecule is NC(=O)CCn1c(CCCl)nc2cc(I)c(F)cc21. The van der Waals surface area contributed by atoms with Gasteiger partial charge in [-0.15, -0.1) is 11.6 Å². The lowest BCUT2D eigenvalue weighted by Gasteiger charge is -2.07. The molecule has 0 aliphatic heterocycles. The van der Waals surface area contributed by atoms with Crippen LogP contribution in [0.1, 0.15) is 12.2 Å². The summed E-state index contributed by atoms with van der Waals surface area (Å²) in [5, 5.41) is 0. The number of nitrogens with two attached hydrogens (primary N) is 1. The zero-order valence-electron chi connectivity index (χ0n) is 10.00. The van der Waals surface area contributed by atoms with Crippen LogP contribution in [0.25, 0.3) is 11.0 Å². The van der Waals surface area contributed by atoms with Gasteiger partial charge in [0.2, 0.25) is 5.91 Å². The highest BCUT2D eigenvalue weighted by Crippen LogP contribution is 2.22. The van der Waals surface area contributed by atoms with Crippen molar-refractivity contribution in [2.24, 2.45) is 5.73 Å². The number of benzene rings is 1. The third-order valence-electron chi connectivity index (χ3n) is 2.77. The summed E-state index contributed by atoms with van der Waals surface area (Å²) in [6.07, 6.45) is 0.752. The predicted molar refractivity (Wildman–Crippen MR) is 80.6 cm³/mol. The molecule has 0 radical (unpaired) electrons. The Morgan fingerprint density at radius 3 is 2.89 bits per heavy atom. The van der Waals surface area contributed by atoms with Gasteiger partial charge in [0.05, 0.1) is 14.6 Å². The molecule has 0 aliphatic carbocycles. The van der Waals surface area contributed by atoms with E-state index in [9.17, 15) is 9.18 Å². The van der Waals surface area contributed by atoms with Crippen molar-refractivity contribution in [3.63, 3.8) is 0 Å². The molecule has 4 nitrogen and oxygen atoms in total. The Hall–Kier alpha value is -0.890. The van der Waals surface area contributed by atoms with Gasteiger partial charge in [-0.3, -0.25) is 4.79 Å². The van der Waals surface area contributed by atoms with E-state index in [4.69, 9.17) is 17.3 Å². The van der Waals surface area contributed by atoms with Gasteiger partial charge in [0.25, 0.3) is 0 Å². The average molecular weight is 396 g/mol. The number of hydrogen-bond acceptors (Lipinski definition) is 2. The minimum atomic E-state index is -0.398. The Bertz CT molecular complexity index is 629. The molecule has 2 rings (SSSR count). The number of halogens is 3. The summed E-state index contributed by atoms with van der Waals surface area (Å²) < 4.78 is 16.0. The molecule has 1 amide bonds. The number of aromatic nitrogens is 2. The van der Waals surface area contributed by atoms with Crippen molar-refractivity contribution in [1.29, 1.82) is 0 Å². The predicted octanol–water partition coefficient (Wildman–Crippen LogP) is 2.44. The van der Waals surface area contributed by atoms with E-state index in [0.717, 1.165) is 5.82 Å². The minimum Gasteiger partial charge on any atom is -0.370 e. The molecule has 0 saturated carbocycles. The average Bonchev–Trinajstić information content (AvgIpc) is 2.65. The molecule has 2 N–H and O–H groups in total. The molecule has 19 heavy (non-hydrogen) atoms. The van der Waals surface area contributed by atoms with Crippen LogP contribution in [0, 0.1) is 9.39 Å². The minimum absolute atomic E-state index is 0.189. The molecule has 2 aromatic rings. The number of nitrogens with zero attached hydrogens (tertiary/aromatic N) is 2. The summed E-state index contributed by atoms with van der Waals surface area (Å²) in [6, 6.07) is 3.12. The number of rotatable bonds is 5. The first-order valence-electron chi connectivity index (χ1n) is 5.71. The summed E-state index contributed by atoms with van der Waals surface area (Å²) in [5.74, 6) is 0.461.